The van der Waals surface area contributed by atoms with Crippen LogP contribution in [0.1, 0.15) is 33.8 Å². The number of hydrogen-bond acceptors (Lipinski definition) is 6. The van der Waals surface area contributed by atoms with Crippen molar-refractivity contribution in [1.29, 1.82) is 0 Å². The average Bonchev–Trinajstić information content (AvgIpc) is 2.96. The molecule has 0 atom stereocenters. The van der Waals surface area contributed by atoms with E-state index in [4.69, 9.17) is 10.7 Å². The Morgan fingerprint density at radius 1 is 1.27 bits per heavy atom. The molecule has 2 heterocycles. The lowest BCUT2D eigenvalue weighted by atomic mass is 9.95. The van der Waals surface area contributed by atoms with Gasteiger partial charge in [-0.1, -0.05) is 6.07 Å². The summed E-state index contributed by atoms with van der Waals surface area (Å²) in [7, 11) is 0. The van der Waals surface area contributed by atoms with Gasteiger partial charge in [0, 0.05) is 28.9 Å². The summed E-state index contributed by atoms with van der Waals surface area (Å²) >= 11 is 1.25. The van der Waals surface area contributed by atoms with Crippen molar-refractivity contribution in [2.24, 2.45) is 0 Å². The summed E-state index contributed by atoms with van der Waals surface area (Å²) in [6.45, 7) is 0. The molecule has 3 aromatic rings. The lowest BCUT2D eigenvalue weighted by Crippen LogP contribution is -2.12. The fourth-order valence-electron chi connectivity index (χ4n) is 3.21. The van der Waals surface area contributed by atoms with E-state index in [1.54, 1.807) is 6.07 Å². The van der Waals surface area contributed by atoms with Gasteiger partial charge in [0.2, 0.25) is 0 Å². The van der Waals surface area contributed by atoms with Gasteiger partial charge in [-0.15, -0.1) is 11.3 Å². The summed E-state index contributed by atoms with van der Waals surface area (Å²) in [6, 6.07) is 7.87. The summed E-state index contributed by atoms with van der Waals surface area (Å²) < 4.78 is 0. The molecule has 26 heavy (non-hydrogen) atoms. The molecule has 0 saturated carbocycles. The summed E-state index contributed by atoms with van der Waals surface area (Å²) in [5.74, 6) is -0.385. The Bertz CT molecular complexity index is 1040. The van der Waals surface area contributed by atoms with Crippen molar-refractivity contribution >= 4 is 44.5 Å². The van der Waals surface area contributed by atoms with Crippen LogP contribution in [0.15, 0.2) is 30.3 Å². The highest BCUT2D eigenvalue weighted by Crippen LogP contribution is 2.36. The molecule has 2 aromatic heterocycles. The van der Waals surface area contributed by atoms with Gasteiger partial charge in [-0.05, 0) is 43.4 Å². The van der Waals surface area contributed by atoms with Gasteiger partial charge in [0.05, 0.1) is 10.6 Å². The monoisotopic (exact) mass is 368 g/mol. The summed E-state index contributed by atoms with van der Waals surface area (Å²) in [4.78, 5) is 28.8. The van der Waals surface area contributed by atoms with Gasteiger partial charge in [0.15, 0.2) is 0 Å². The van der Waals surface area contributed by atoms with Gasteiger partial charge >= 0.3 is 0 Å². The number of nitrogens with two attached hydrogens (primary N) is 1. The molecule has 0 aliphatic heterocycles. The van der Waals surface area contributed by atoms with Crippen LogP contribution in [0, 0.1) is 10.1 Å². The fraction of sp³-hybridized carbons (Fsp3) is 0.222. The number of carbonyl (C=O) groups is 1. The van der Waals surface area contributed by atoms with Gasteiger partial charge < -0.3 is 11.1 Å². The van der Waals surface area contributed by atoms with Gasteiger partial charge in [-0.2, -0.15) is 0 Å². The Morgan fingerprint density at radius 2 is 2.08 bits per heavy atom. The number of non-ortho nitro benzene ring substituents is 1. The maximum atomic E-state index is 12.6. The van der Waals surface area contributed by atoms with Crippen molar-refractivity contribution < 1.29 is 9.72 Å². The summed E-state index contributed by atoms with van der Waals surface area (Å²) in [5.41, 5.74) is 9.19. The molecule has 0 unspecified atom stereocenters. The van der Waals surface area contributed by atoms with Crippen molar-refractivity contribution in [1.82, 2.24) is 4.98 Å². The molecule has 0 radical (unpaired) electrons. The van der Waals surface area contributed by atoms with Crippen molar-refractivity contribution in [2.75, 3.05) is 11.1 Å². The predicted molar refractivity (Wildman–Crippen MR) is 102 cm³/mol. The molecule has 0 saturated heterocycles. The highest BCUT2D eigenvalue weighted by atomic mass is 32.1. The maximum absolute atomic E-state index is 12.6. The van der Waals surface area contributed by atoms with Crippen LogP contribution in [-0.2, 0) is 12.8 Å². The van der Waals surface area contributed by atoms with E-state index in [2.05, 4.69) is 5.32 Å². The molecule has 8 heteroatoms. The molecule has 1 amide bonds. The topological polar surface area (TPSA) is 111 Å². The van der Waals surface area contributed by atoms with Crippen LogP contribution in [0.25, 0.3) is 10.2 Å². The number of nitrogen functional groups attached to an aromatic ring is 1. The minimum absolute atomic E-state index is 0.0820. The van der Waals surface area contributed by atoms with Crippen LogP contribution in [0.2, 0.25) is 0 Å². The third kappa shape index (κ3) is 2.88. The molecule has 0 spiro atoms. The number of carbonyl (C=O) groups excluding carboxylic acids is 1. The number of rotatable bonds is 3. The smallest absolute Gasteiger partial charge is 0.271 e. The molecule has 4 rings (SSSR count). The number of aromatic nitrogens is 1. The zero-order valence-corrected chi connectivity index (χ0v) is 14.6. The number of anilines is 2. The number of nitrogens with one attached hydrogen (secondary N) is 1. The molecule has 132 valence electrons. The van der Waals surface area contributed by atoms with Crippen LogP contribution >= 0.6 is 11.3 Å². The molecule has 0 fully saturated rings. The quantitative estimate of drug-likeness (QED) is 0.538. The van der Waals surface area contributed by atoms with Gasteiger partial charge in [-0.3, -0.25) is 14.9 Å². The van der Waals surface area contributed by atoms with E-state index >= 15 is 0 Å². The SMILES string of the molecule is Nc1c(C(=O)Nc2cccc([N+](=O)[O-])c2)sc2nc3c(cc12)CCCC3. The number of thiophene rings is 1. The first-order valence-corrected chi connectivity index (χ1v) is 9.11. The number of aryl methyl sites for hydroxylation is 2. The molecule has 7 nitrogen and oxygen atoms in total. The highest BCUT2D eigenvalue weighted by molar-refractivity contribution is 7.21. The van der Waals surface area contributed by atoms with E-state index in [-0.39, 0.29) is 11.6 Å². The number of pyridine rings is 1. The fourth-order valence-corrected chi connectivity index (χ4v) is 4.20. The third-order valence-corrected chi connectivity index (χ3v) is 5.63. The Balaban J connectivity index is 1.67. The zero-order chi connectivity index (χ0) is 18.3. The first-order valence-electron chi connectivity index (χ1n) is 8.29. The van der Waals surface area contributed by atoms with E-state index < -0.39 is 4.92 Å². The lowest BCUT2D eigenvalue weighted by Gasteiger charge is -2.14. The Morgan fingerprint density at radius 3 is 2.88 bits per heavy atom. The van der Waals surface area contributed by atoms with Crippen molar-refractivity contribution in [2.45, 2.75) is 25.7 Å². The molecule has 0 bridgehead atoms. The average molecular weight is 368 g/mol. The largest absolute Gasteiger partial charge is 0.397 e. The van der Waals surface area contributed by atoms with E-state index in [0.717, 1.165) is 41.6 Å². The number of nitrogens with zero attached hydrogens (tertiary/aromatic N) is 2. The predicted octanol–water partition coefficient (Wildman–Crippen LogP) is 3.92. The van der Waals surface area contributed by atoms with Crippen molar-refractivity contribution in [3.05, 3.63) is 56.6 Å². The normalized spacial score (nSPS) is 13.4. The van der Waals surface area contributed by atoms with E-state index in [1.807, 2.05) is 6.07 Å². The first kappa shape index (κ1) is 16.5. The van der Waals surface area contributed by atoms with Crippen LogP contribution in [0.4, 0.5) is 17.1 Å². The third-order valence-electron chi connectivity index (χ3n) is 4.52. The summed E-state index contributed by atoms with van der Waals surface area (Å²) in [5, 5.41) is 14.4. The zero-order valence-electron chi connectivity index (χ0n) is 13.8. The van der Waals surface area contributed by atoms with Crippen LogP contribution in [0.3, 0.4) is 0 Å². The lowest BCUT2D eigenvalue weighted by molar-refractivity contribution is -0.384. The Labute approximate surface area is 153 Å². The minimum atomic E-state index is -0.502. The number of nitro groups is 1. The van der Waals surface area contributed by atoms with Crippen molar-refractivity contribution in [3.8, 4) is 0 Å². The molecule has 1 aromatic carbocycles. The number of nitro benzene ring substituents is 1. The number of benzene rings is 1. The Hall–Kier alpha value is -3.00. The second kappa shape index (κ2) is 6.38. The van der Waals surface area contributed by atoms with E-state index in [0.29, 0.717) is 16.3 Å². The molecular weight excluding hydrogens is 352 g/mol. The number of hydrogen-bond donors (Lipinski definition) is 2. The van der Waals surface area contributed by atoms with Gasteiger partial charge in [0.25, 0.3) is 11.6 Å². The molecule has 1 aliphatic carbocycles. The van der Waals surface area contributed by atoms with Crippen LogP contribution in [0.5, 0.6) is 0 Å². The number of amides is 1. The maximum Gasteiger partial charge on any atom is 0.271 e. The second-order valence-corrected chi connectivity index (χ2v) is 7.26. The first-order chi connectivity index (χ1) is 12.5. The summed E-state index contributed by atoms with van der Waals surface area (Å²) in [6.07, 6.45) is 4.22. The van der Waals surface area contributed by atoms with E-state index in [1.165, 1.54) is 35.1 Å². The minimum Gasteiger partial charge on any atom is -0.397 e. The molecule has 1 aliphatic rings. The highest BCUT2D eigenvalue weighted by Gasteiger charge is 2.21. The van der Waals surface area contributed by atoms with Crippen LogP contribution in [-0.4, -0.2) is 15.8 Å². The Kier molecular flexibility index (Phi) is 4.04. The molecule has 3 N–H and O–H groups in total. The van der Waals surface area contributed by atoms with Crippen LogP contribution < -0.4 is 11.1 Å². The van der Waals surface area contributed by atoms with Gasteiger partial charge in [-0.25, -0.2) is 4.98 Å². The van der Waals surface area contributed by atoms with Gasteiger partial charge in [0.1, 0.15) is 9.71 Å². The second-order valence-electron chi connectivity index (χ2n) is 6.26. The number of fused-ring (bicyclic) bond motifs is 2. The standard InChI is InChI=1S/C18H16N4O3S/c19-15-13-8-10-4-1-2-7-14(10)21-18(13)26-16(15)17(23)20-11-5-3-6-12(9-11)22(24)25/h3,5-6,8-9H,1-2,4,7,19H2,(H,20,23). The van der Waals surface area contributed by atoms with Crippen molar-refractivity contribution in [3.63, 3.8) is 0 Å². The molecular formula is C18H16N4O3S. The van der Waals surface area contributed by atoms with E-state index in [9.17, 15) is 14.9 Å².